The zero-order valence-electron chi connectivity index (χ0n) is 17.3. The zero-order valence-corrected chi connectivity index (χ0v) is 17.3. The fraction of sp³-hybridized carbons (Fsp3) is 0.524. The average molecular weight is 414 g/mol. The van der Waals surface area contributed by atoms with E-state index in [4.69, 9.17) is 15.2 Å². The van der Waals surface area contributed by atoms with Gasteiger partial charge in [-0.05, 0) is 44.2 Å². The minimum absolute atomic E-state index is 0. The van der Waals surface area contributed by atoms with Crippen LogP contribution < -0.4 is 20.7 Å². The molecule has 1 aliphatic carbocycles. The fourth-order valence-corrected chi connectivity index (χ4v) is 3.79. The van der Waals surface area contributed by atoms with E-state index in [1.54, 1.807) is 0 Å². The number of nitrogens with zero attached hydrogens (tertiary/aromatic N) is 5. The standard InChI is InChI=1S/C21H29N7O2.H2/c1-15-2-7-18(23-13-15)25-16-3-5-17(6-4-16)30-21-26-19(24-14-22)12-20(27-21)28-8-10-29-11-9-28;/h2,7,12-14,16-17H,3-6,8-11H2,1H3,(H,23,25)(H2,22,24,26,27);1H. The summed E-state index contributed by atoms with van der Waals surface area (Å²) in [5, 5.41) is 3.52. The molecule has 1 saturated carbocycles. The van der Waals surface area contributed by atoms with Crippen molar-refractivity contribution in [3.63, 3.8) is 0 Å². The lowest BCUT2D eigenvalue weighted by Crippen LogP contribution is -2.37. The van der Waals surface area contributed by atoms with Crippen LogP contribution in [0.15, 0.2) is 29.4 Å². The molecule has 0 atom stereocenters. The molecule has 2 aromatic rings. The van der Waals surface area contributed by atoms with Crippen LogP contribution in [0.1, 0.15) is 32.7 Å². The quantitative estimate of drug-likeness (QED) is 0.549. The molecule has 2 aliphatic rings. The third-order valence-electron chi connectivity index (χ3n) is 5.43. The maximum atomic E-state index is 6.15. The van der Waals surface area contributed by atoms with Crippen LogP contribution in [-0.4, -0.2) is 59.7 Å². The van der Waals surface area contributed by atoms with Gasteiger partial charge in [0.1, 0.15) is 17.7 Å². The highest BCUT2D eigenvalue weighted by atomic mass is 16.5. The van der Waals surface area contributed by atoms with Gasteiger partial charge in [0.15, 0.2) is 5.82 Å². The molecule has 162 valence electrons. The van der Waals surface area contributed by atoms with Crippen LogP contribution in [0.3, 0.4) is 0 Å². The summed E-state index contributed by atoms with van der Waals surface area (Å²) in [5.74, 6) is 2.23. The van der Waals surface area contributed by atoms with Crippen molar-refractivity contribution < 1.29 is 10.9 Å². The average Bonchev–Trinajstić information content (AvgIpc) is 2.77. The summed E-state index contributed by atoms with van der Waals surface area (Å²) in [7, 11) is 0. The maximum absolute atomic E-state index is 6.15. The molecule has 0 unspecified atom stereocenters. The summed E-state index contributed by atoms with van der Waals surface area (Å²) in [6.45, 7) is 4.98. The number of hydrogen-bond acceptors (Lipinski definition) is 8. The number of pyridine rings is 1. The Labute approximate surface area is 178 Å². The van der Waals surface area contributed by atoms with Crippen LogP contribution >= 0.6 is 0 Å². The Morgan fingerprint density at radius 3 is 2.73 bits per heavy atom. The van der Waals surface area contributed by atoms with Gasteiger partial charge in [-0.3, -0.25) is 0 Å². The van der Waals surface area contributed by atoms with Crippen LogP contribution in [0.2, 0.25) is 0 Å². The Morgan fingerprint density at radius 1 is 1.23 bits per heavy atom. The first-order valence-electron chi connectivity index (χ1n) is 10.5. The van der Waals surface area contributed by atoms with E-state index in [1.165, 1.54) is 6.34 Å². The van der Waals surface area contributed by atoms with E-state index < -0.39 is 0 Å². The van der Waals surface area contributed by atoms with Gasteiger partial charge in [-0.1, -0.05) is 6.07 Å². The monoisotopic (exact) mass is 413 g/mol. The molecular weight excluding hydrogens is 382 g/mol. The van der Waals surface area contributed by atoms with Gasteiger partial charge in [0.05, 0.1) is 19.6 Å². The van der Waals surface area contributed by atoms with Crippen molar-refractivity contribution in [1.29, 1.82) is 0 Å². The molecule has 30 heavy (non-hydrogen) atoms. The molecular formula is C21H31N7O2. The highest BCUT2D eigenvalue weighted by Crippen LogP contribution is 2.27. The van der Waals surface area contributed by atoms with Crippen LogP contribution in [0.4, 0.5) is 17.5 Å². The lowest BCUT2D eigenvalue weighted by Gasteiger charge is -2.30. The van der Waals surface area contributed by atoms with E-state index in [-0.39, 0.29) is 7.53 Å². The summed E-state index contributed by atoms with van der Waals surface area (Å²) >= 11 is 0. The van der Waals surface area contributed by atoms with Crippen molar-refractivity contribution in [1.82, 2.24) is 15.0 Å². The zero-order chi connectivity index (χ0) is 20.8. The fourth-order valence-electron chi connectivity index (χ4n) is 3.79. The highest BCUT2D eigenvalue weighted by Gasteiger charge is 2.24. The van der Waals surface area contributed by atoms with Crippen molar-refractivity contribution in [2.75, 3.05) is 36.5 Å². The summed E-state index contributed by atoms with van der Waals surface area (Å²) in [6, 6.07) is 6.69. The summed E-state index contributed by atoms with van der Waals surface area (Å²) in [6.07, 6.45) is 7.11. The molecule has 9 nitrogen and oxygen atoms in total. The Kier molecular flexibility index (Phi) is 6.58. The number of rotatable bonds is 6. The molecule has 0 amide bonds. The van der Waals surface area contributed by atoms with Gasteiger partial charge < -0.3 is 25.4 Å². The van der Waals surface area contributed by atoms with Gasteiger partial charge in [-0.25, -0.2) is 9.98 Å². The van der Waals surface area contributed by atoms with Gasteiger partial charge in [0.25, 0.3) is 0 Å². The first-order chi connectivity index (χ1) is 14.7. The normalized spacial score (nSPS) is 22.2. The Balaban J connectivity index is 0.00000272. The molecule has 3 N–H and O–H groups in total. The summed E-state index contributed by atoms with van der Waals surface area (Å²) in [4.78, 5) is 19.8. The van der Waals surface area contributed by atoms with Crippen molar-refractivity contribution >= 4 is 23.8 Å². The minimum Gasteiger partial charge on any atom is -0.460 e. The summed E-state index contributed by atoms with van der Waals surface area (Å²) < 4.78 is 11.6. The molecule has 0 bridgehead atoms. The van der Waals surface area contributed by atoms with Gasteiger partial charge >= 0.3 is 6.01 Å². The van der Waals surface area contributed by atoms with Crippen molar-refractivity contribution in [3.05, 3.63) is 30.0 Å². The second-order valence-corrected chi connectivity index (χ2v) is 7.70. The van der Waals surface area contributed by atoms with Gasteiger partial charge in [0, 0.05) is 32.8 Å². The first kappa shape index (κ1) is 20.3. The third-order valence-corrected chi connectivity index (χ3v) is 5.43. The molecule has 2 fully saturated rings. The number of morpholine rings is 1. The van der Waals surface area contributed by atoms with Crippen LogP contribution in [0.5, 0.6) is 6.01 Å². The van der Waals surface area contributed by atoms with Crippen LogP contribution in [-0.2, 0) is 4.74 Å². The molecule has 1 aliphatic heterocycles. The number of aliphatic imine (C=N–C) groups is 1. The number of aromatic nitrogens is 3. The largest absolute Gasteiger partial charge is 0.460 e. The number of hydrogen-bond donors (Lipinski definition) is 2. The van der Waals surface area contributed by atoms with E-state index in [0.29, 0.717) is 31.1 Å². The number of nitrogens with one attached hydrogen (secondary N) is 1. The predicted molar refractivity (Wildman–Crippen MR) is 119 cm³/mol. The topological polar surface area (TPSA) is 111 Å². The number of ether oxygens (including phenoxy) is 2. The molecule has 4 rings (SSSR count). The van der Waals surface area contributed by atoms with Gasteiger partial charge in [-0.2, -0.15) is 9.97 Å². The van der Waals surface area contributed by atoms with Crippen LogP contribution in [0.25, 0.3) is 0 Å². The maximum Gasteiger partial charge on any atom is 0.320 e. The third kappa shape index (κ3) is 5.35. The molecule has 0 aromatic carbocycles. The first-order valence-corrected chi connectivity index (χ1v) is 10.5. The molecule has 2 aromatic heterocycles. The van der Waals surface area contributed by atoms with E-state index >= 15 is 0 Å². The van der Waals surface area contributed by atoms with Gasteiger partial charge in [-0.15, -0.1) is 0 Å². The van der Waals surface area contributed by atoms with Crippen molar-refractivity contribution in [2.45, 2.75) is 44.8 Å². The smallest absolute Gasteiger partial charge is 0.320 e. The molecule has 0 spiro atoms. The second kappa shape index (κ2) is 9.71. The van der Waals surface area contributed by atoms with E-state index in [9.17, 15) is 0 Å². The number of anilines is 2. The Morgan fingerprint density at radius 2 is 2.03 bits per heavy atom. The SMILES string of the molecule is Cc1ccc(NC2CCC(Oc3nc(/N=C\N)cc(N4CCOCC4)n3)CC2)nc1.[HH]. The van der Waals surface area contributed by atoms with Gasteiger partial charge in [0.2, 0.25) is 0 Å². The van der Waals surface area contributed by atoms with Crippen molar-refractivity contribution in [3.8, 4) is 6.01 Å². The van der Waals surface area contributed by atoms with Crippen molar-refractivity contribution in [2.24, 2.45) is 10.7 Å². The van der Waals surface area contributed by atoms with E-state index in [1.807, 2.05) is 25.3 Å². The lowest BCUT2D eigenvalue weighted by molar-refractivity contribution is 0.121. The minimum atomic E-state index is 0. The van der Waals surface area contributed by atoms with E-state index in [2.05, 4.69) is 36.2 Å². The van der Waals surface area contributed by atoms with Crippen LogP contribution in [0, 0.1) is 6.92 Å². The predicted octanol–water partition coefficient (Wildman–Crippen LogP) is 2.68. The number of aryl methyl sites for hydroxylation is 1. The molecule has 0 radical (unpaired) electrons. The molecule has 3 heterocycles. The van der Waals surface area contributed by atoms with E-state index in [0.717, 1.165) is 56.0 Å². The molecule has 9 heteroatoms. The second-order valence-electron chi connectivity index (χ2n) is 7.70. The Bertz CT molecular complexity index is 851. The lowest BCUT2D eigenvalue weighted by atomic mass is 9.93. The Hall–Kier alpha value is -2.94. The number of nitrogens with two attached hydrogens (primary N) is 1. The summed E-state index contributed by atoms with van der Waals surface area (Å²) in [5.41, 5.74) is 6.63. The highest BCUT2D eigenvalue weighted by molar-refractivity contribution is 5.59. The molecule has 1 saturated heterocycles.